The minimum atomic E-state index is 1.02. The van der Waals surface area contributed by atoms with Crippen LogP contribution in [-0.4, -0.2) is 0 Å². The van der Waals surface area contributed by atoms with Crippen LogP contribution in [0.1, 0.15) is 11.1 Å². The van der Waals surface area contributed by atoms with Crippen LogP contribution in [0.4, 0.5) is 0 Å². The zero-order chi connectivity index (χ0) is 10.7. The lowest BCUT2D eigenvalue weighted by Gasteiger charge is -2.03. The van der Waals surface area contributed by atoms with Gasteiger partial charge in [0.1, 0.15) is 0 Å². The molecule has 15 heavy (non-hydrogen) atoms. The van der Waals surface area contributed by atoms with Crippen molar-refractivity contribution >= 4 is 45.2 Å². The van der Waals surface area contributed by atoms with Gasteiger partial charge in [0.25, 0.3) is 0 Å². The molecule has 2 rings (SSSR count). The quantitative estimate of drug-likeness (QED) is 0.629. The second-order valence-electron chi connectivity index (χ2n) is 3.41. The Kier molecular flexibility index (Phi) is 4.02. The van der Waals surface area contributed by atoms with Crippen molar-refractivity contribution in [3.8, 4) is 0 Å². The first kappa shape index (κ1) is 11.4. The number of hydrogen-bond donors (Lipinski definition) is 0. The molecule has 0 aliphatic heterocycles. The largest absolute Gasteiger partial charge is 0.0622 e. The van der Waals surface area contributed by atoms with Crippen LogP contribution in [0.5, 0.6) is 0 Å². The SMILES string of the molecule is Ic1ccc(Cc2ccccc2)cc1I. The Morgan fingerprint density at radius 1 is 0.733 bits per heavy atom. The second kappa shape index (κ2) is 5.30. The molecule has 0 aromatic heterocycles. The predicted octanol–water partition coefficient (Wildman–Crippen LogP) is 4.49. The molecular formula is C13H10I2. The summed E-state index contributed by atoms with van der Waals surface area (Å²) in [4.78, 5) is 0. The molecule has 0 aliphatic carbocycles. The van der Waals surface area contributed by atoms with Gasteiger partial charge in [0, 0.05) is 7.14 Å². The standard InChI is InChI=1S/C13H10I2/c14-12-7-6-11(9-13(12)15)8-10-4-2-1-3-5-10/h1-7,9H,8H2. The Morgan fingerprint density at radius 3 is 2.13 bits per heavy atom. The highest BCUT2D eigenvalue weighted by molar-refractivity contribution is 14.1. The smallest absolute Gasteiger partial charge is 0.0266 e. The fourth-order valence-corrected chi connectivity index (χ4v) is 2.40. The van der Waals surface area contributed by atoms with Gasteiger partial charge < -0.3 is 0 Å². The maximum Gasteiger partial charge on any atom is 0.0266 e. The van der Waals surface area contributed by atoms with E-state index in [1.807, 2.05) is 0 Å². The van der Waals surface area contributed by atoms with Crippen LogP contribution in [0.3, 0.4) is 0 Å². The Morgan fingerprint density at radius 2 is 1.47 bits per heavy atom. The van der Waals surface area contributed by atoms with E-state index in [1.54, 1.807) is 0 Å². The zero-order valence-corrected chi connectivity index (χ0v) is 12.4. The summed E-state index contributed by atoms with van der Waals surface area (Å²) < 4.78 is 2.66. The summed E-state index contributed by atoms with van der Waals surface area (Å²) in [5.74, 6) is 0. The highest BCUT2D eigenvalue weighted by Crippen LogP contribution is 2.18. The number of rotatable bonds is 2. The van der Waals surface area contributed by atoms with Gasteiger partial charge in [-0.05, 0) is 74.9 Å². The molecule has 76 valence electrons. The Hall–Kier alpha value is -0.100. The highest BCUT2D eigenvalue weighted by Gasteiger charge is 1.99. The van der Waals surface area contributed by atoms with Crippen LogP contribution >= 0.6 is 45.2 Å². The number of hydrogen-bond acceptors (Lipinski definition) is 0. The average molecular weight is 420 g/mol. The molecule has 0 N–H and O–H groups in total. The molecule has 2 aromatic carbocycles. The molecule has 0 unspecified atom stereocenters. The summed E-state index contributed by atoms with van der Waals surface area (Å²) in [6.45, 7) is 0. The number of benzene rings is 2. The Balaban J connectivity index is 2.22. The minimum Gasteiger partial charge on any atom is -0.0622 e. The predicted molar refractivity (Wildman–Crippen MR) is 81.1 cm³/mol. The maximum atomic E-state index is 2.39. The van der Waals surface area contributed by atoms with Gasteiger partial charge in [0.2, 0.25) is 0 Å². The van der Waals surface area contributed by atoms with Crippen LogP contribution < -0.4 is 0 Å². The number of halogens is 2. The third-order valence-electron chi connectivity index (χ3n) is 2.24. The lowest BCUT2D eigenvalue weighted by Crippen LogP contribution is -1.89. The monoisotopic (exact) mass is 420 g/mol. The summed E-state index contributed by atoms with van der Waals surface area (Å²) in [6.07, 6.45) is 1.02. The third kappa shape index (κ3) is 3.17. The maximum absolute atomic E-state index is 2.39. The van der Waals surface area contributed by atoms with Gasteiger partial charge >= 0.3 is 0 Å². The van der Waals surface area contributed by atoms with Gasteiger partial charge in [0.15, 0.2) is 0 Å². The van der Waals surface area contributed by atoms with E-state index in [0.29, 0.717) is 0 Å². The first-order valence-electron chi connectivity index (χ1n) is 4.73. The van der Waals surface area contributed by atoms with Crippen LogP contribution in [0, 0.1) is 7.14 Å². The fraction of sp³-hybridized carbons (Fsp3) is 0.0769. The van der Waals surface area contributed by atoms with Crippen LogP contribution in [0.25, 0.3) is 0 Å². The van der Waals surface area contributed by atoms with E-state index in [2.05, 4.69) is 93.7 Å². The molecule has 0 nitrogen and oxygen atoms in total. The van der Waals surface area contributed by atoms with Gasteiger partial charge in [0.05, 0.1) is 0 Å². The molecule has 2 heteroatoms. The zero-order valence-electron chi connectivity index (χ0n) is 8.08. The van der Waals surface area contributed by atoms with Gasteiger partial charge in [-0.2, -0.15) is 0 Å². The molecule has 0 radical (unpaired) electrons. The van der Waals surface area contributed by atoms with Crippen LogP contribution in [0.15, 0.2) is 48.5 Å². The first-order chi connectivity index (χ1) is 7.25. The van der Waals surface area contributed by atoms with Gasteiger partial charge in [-0.25, -0.2) is 0 Å². The molecule has 0 fully saturated rings. The lowest BCUT2D eigenvalue weighted by molar-refractivity contribution is 1.19. The van der Waals surface area contributed by atoms with Crippen molar-refractivity contribution in [1.82, 2.24) is 0 Å². The molecule has 0 saturated heterocycles. The van der Waals surface area contributed by atoms with E-state index in [-0.39, 0.29) is 0 Å². The highest BCUT2D eigenvalue weighted by atomic mass is 127. The lowest BCUT2D eigenvalue weighted by atomic mass is 10.1. The van der Waals surface area contributed by atoms with Crippen molar-refractivity contribution in [2.45, 2.75) is 6.42 Å². The van der Waals surface area contributed by atoms with E-state index in [9.17, 15) is 0 Å². The van der Waals surface area contributed by atoms with Crippen molar-refractivity contribution in [3.63, 3.8) is 0 Å². The third-order valence-corrected chi connectivity index (χ3v) is 5.10. The van der Waals surface area contributed by atoms with Gasteiger partial charge in [-0.3, -0.25) is 0 Å². The molecule has 0 atom stereocenters. The van der Waals surface area contributed by atoms with Crippen molar-refractivity contribution in [2.75, 3.05) is 0 Å². The normalized spacial score (nSPS) is 10.3. The van der Waals surface area contributed by atoms with E-state index < -0.39 is 0 Å². The molecular weight excluding hydrogens is 410 g/mol. The molecule has 2 aromatic rings. The average Bonchev–Trinajstić information content (AvgIpc) is 2.25. The summed E-state index contributed by atoms with van der Waals surface area (Å²) >= 11 is 4.75. The van der Waals surface area contributed by atoms with E-state index >= 15 is 0 Å². The molecule has 0 heterocycles. The molecule has 0 aliphatic rings. The molecule has 0 amide bonds. The van der Waals surface area contributed by atoms with Crippen LogP contribution in [-0.2, 0) is 6.42 Å². The Bertz CT molecular complexity index is 449. The summed E-state index contributed by atoms with van der Waals surface area (Å²) in [5, 5.41) is 0. The van der Waals surface area contributed by atoms with E-state index in [4.69, 9.17) is 0 Å². The van der Waals surface area contributed by atoms with Crippen LogP contribution in [0.2, 0.25) is 0 Å². The molecule has 0 spiro atoms. The van der Waals surface area contributed by atoms with Gasteiger partial charge in [-0.1, -0.05) is 36.4 Å². The second-order valence-corrected chi connectivity index (χ2v) is 5.74. The van der Waals surface area contributed by atoms with Crippen molar-refractivity contribution in [1.29, 1.82) is 0 Å². The topological polar surface area (TPSA) is 0 Å². The molecule has 0 saturated carbocycles. The van der Waals surface area contributed by atoms with E-state index in [1.165, 1.54) is 18.3 Å². The molecule has 0 bridgehead atoms. The summed E-state index contributed by atoms with van der Waals surface area (Å²) in [7, 11) is 0. The first-order valence-corrected chi connectivity index (χ1v) is 6.89. The van der Waals surface area contributed by atoms with Crippen molar-refractivity contribution in [3.05, 3.63) is 66.8 Å². The summed E-state index contributed by atoms with van der Waals surface area (Å²) in [5.41, 5.74) is 2.75. The van der Waals surface area contributed by atoms with E-state index in [0.717, 1.165) is 6.42 Å². The van der Waals surface area contributed by atoms with Gasteiger partial charge in [-0.15, -0.1) is 0 Å². The Labute approximate surface area is 117 Å². The van der Waals surface area contributed by atoms with Crippen molar-refractivity contribution < 1.29 is 0 Å². The minimum absolute atomic E-state index is 1.02. The fourth-order valence-electron chi connectivity index (χ4n) is 1.48. The summed E-state index contributed by atoms with van der Waals surface area (Å²) in [6, 6.07) is 17.2. The van der Waals surface area contributed by atoms with Crippen molar-refractivity contribution in [2.24, 2.45) is 0 Å².